The molecule has 0 atom stereocenters. The fraction of sp³-hybridized carbons (Fsp3) is 0.118. The SMILES string of the molecule is Cc1ccccc1-c1c(C)ccc2ccc(-c3ccc4cc(C5=CCCC=C5)ccc4c3)cc12. The Labute approximate surface area is 201 Å². The Morgan fingerprint density at radius 2 is 1.24 bits per heavy atom. The highest BCUT2D eigenvalue weighted by molar-refractivity contribution is 6.01. The van der Waals surface area contributed by atoms with E-state index >= 15 is 0 Å². The quantitative estimate of drug-likeness (QED) is 0.264. The predicted molar refractivity (Wildman–Crippen MR) is 148 cm³/mol. The van der Waals surface area contributed by atoms with Crippen molar-refractivity contribution < 1.29 is 0 Å². The first-order valence-corrected chi connectivity index (χ1v) is 12.2. The lowest BCUT2D eigenvalue weighted by molar-refractivity contribution is 1.04. The van der Waals surface area contributed by atoms with Gasteiger partial charge in [-0.25, -0.2) is 0 Å². The zero-order valence-corrected chi connectivity index (χ0v) is 19.8. The van der Waals surface area contributed by atoms with E-state index in [9.17, 15) is 0 Å². The molecule has 0 unspecified atom stereocenters. The van der Waals surface area contributed by atoms with E-state index in [-0.39, 0.29) is 0 Å². The van der Waals surface area contributed by atoms with Crippen molar-refractivity contribution in [1.82, 2.24) is 0 Å². The van der Waals surface area contributed by atoms with E-state index in [1.165, 1.54) is 66.1 Å². The third-order valence-electron chi connectivity index (χ3n) is 7.15. The van der Waals surface area contributed by atoms with Crippen molar-refractivity contribution in [3.05, 3.63) is 126 Å². The largest absolute Gasteiger partial charge is 0.0836 e. The van der Waals surface area contributed by atoms with Gasteiger partial charge in [0.1, 0.15) is 0 Å². The number of fused-ring (bicyclic) bond motifs is 2. The molecule has 0 heterocycles. The third-order valence-corrected chi connectivity index (χ3v) is 7.15. The molecule has 6 rings (SSSR count). The van der Waals surface area contributed by atoms with Gasteiger partial charge < -0.3 is 0 Å². The molecule has 0 saturated carbocycles. The van der Waals surface area contributed by atoms with Crippen LogP contribution in [0, 0.1) is 13.8 Å². The van der Waals surface area contributed by atoms with Crippen molar-refractivity contribution in [2.24, 2.45) is 0 Å². The molecule has 34 heavy (non-hydrogen) atoms. The number of benzene rings is 5. The van der Waals surface area contributed by atoms with Crippen molar-refractivity contribution >= 4 is 27.1 Å². The highest BCUT2D eigenvalue weighted by Crippen LogP contribution is 2.37. The van der Waals surface area contributed by atoms with E-state index in [0.717, 1.165) is 12.8 Å². The topological polar surface area (TPSA) is 0 Å². The van der Waals surface area contributed by atoms with Crippen LogP contribution in [-0.4, -0.2) is 0 Å². The standard InChI is InChI=1S/C34H28/c1-23-8-6-7-11-32(23)34-24(2)12-13-26-14-15-31(22-33(26)34)30-19-18-28-20-27(16-17-29(28)21-30)25-9-4-3-5-10-25/h4,6-22H,3,5H2,1-2H3. The van der Waals surface area contributed by atoms with Crippen LogP contribution in [0.4, 0.5) is 0 Å². The normalized spacial score (nSPS) is 13.4. The van der Waals surface area contributed by atoms with Gasteiger partial charge in [-0.1, -0.05) is 91.0 Å². The zero-order chi connectivity index (χ0) is 23.1. The Bertz CT molecular complexity index is 1610. The lowest BCUT2D eigenvalue weighted by Crippen LogP contribution is -1.90. The summed E-state index contributed by atoms with van der Waals surface area (Å²) < 4.78 is 0. The van der Waals surface area contributed by atoms with Crippen LogP contribution in [0.1, 0.15) is 29.5 Å². The number of aryl methyl sites for hydroxylation is 2. The van der Waals surface area contributed by atoms with Crippen LogP contribution >= 0.6 is 0 Å². The second-order valence-corrected chi connectivity index (χ2v) is 9.42. The van der Waals surface area contributed by atoms with Gasteiger partial charge in [-0.3, -0.25) is 0 Å². The van der Waals surface area contributed by atoms with Gasteiger partial charge in [-0.15, -0.1) is 0 Å². The summed E-state index contributed by atoms with van der Waals surface area (Å²) in [6.45, 7) is 4.42. The molecule has 5 aromatic rings. The molecule has 5 aromatic carbocycles. The average molecular weight is 437 g/mol. The van der Waals surface area contributed by atoms with Crippen LogP contribution < -0.4 is 0 Å². The van der Waals surface area contributed by atoms with Gasteiger partial charge in [-0.05, 0) is 111 Å². The molecule has 0 bridgehead atoms. The maximum atomic E-state index is 2.37. The molecular weight excluding hydrogens is 408 g/mol. The van der Waals surface area contributed by atoms with Gasteiger partial charge in [0, 0.05) is 0 Å². The van der Waals surface area contributed by atoms with E-state index in [1.807, 2.05) is 0 Å². The van der Waals surface area contributed by atoms with Crippen molar-refractivity contribution in [3.63, 3.8) is 0 Å². The Morgan fingerprint density at radius 3 is 2.00 bits per heavy atom. The van der Waals surface area contributed by atoms with Gasteiger partial charge >= 0.3 is 0 Å². The molecule has 0 heteroatoms. The molecule has 0 spiro atoms. The number of hydrogen-bond acceptors (Lipinski definition) is 0. The number of allylic oxidation sites excluding steroid dienone is 4. The molecule has 0 nitrogen and oxygen atoms in total. The summed E-state index contributed by atoms with van der Waals surface area (Å²) in [6, 6.07) is 33.8. The summed E-state index contributed by atoms with van der Waals surface area (Å²) in [5.74, 6) is 0. The summed E-state index contributed by atoms with van der Waals surface area (Å²) in [4.78, 5) is 0. The first-order valence-electron chi connectivity index (χ1n) is 12.2. The molecule has 0 radical (unpaired) electrons. The molecule has 164 valence electrons. The van der Waals surface area contributed by atoms with Gasteiger partial charge in [0.2, 0.25) is 0 Å². The van der Waals surface area contributed by atoms with E-state index in [1.54, 1.807) is 0 Å². The summed E-state index contributed by atoms with van der Waals surface area (Å²) in [5, 5.41) is 5.17. The minimum Gasteiger partial charge on any atom is -0.0836 e. The molecule has 1 aliphatic carbocycles. The van der Waals surface area contributed by atoms with Crippen LogP contribution in [0.3, 0.4) is 0 Å². The summed E-state index contributed by atoms with van der Waals surface area (Å²) in [6.07, 6.45) is 9.15. The van der Waals surface area contributed by atoms with Crippen molar-refractivity contribution in [1.29, 1.82) is 0 Å². The molecule has 0 amide bonds. The van der Waals surface area contributed by atoms with Gasteiger partial charge in [0.05, 0.1) is 0 Å². The monoisotopic (exact) mass is 436 g/mol. The van der Waals surface area contributed by atoms with E-state index in [2.05, 4.69) is 123 Å². The van der Waals surface area contributed by atoms with E-state index < -0.39 is 0 Å². The molecule has 0 saturated heterocycles. The molecular formula is C34H28. The van der Waals surface area contributed by atoms with Crippen LogP contribution in [-0.2, 0) is 0 Å². The van der Waals surface area contributed by atoms with Gasteiger partial charge in [0.15, 0.2) is 0 Å². The average Bonchev–Trinajstić information content (AvgIpc) is 2.89. The smallest absolute Gasteiger partial charge is 0.00732 e. The molecule has 0 aromatic heterocycles. The Morgan fingerprint density at radius 1 is 0.559 bits per heavy atom. The highest BCUT2D eigenvalue weighted by Gasteiger charge is 2.11. The maximum Gasteiger partial charge on any atom is -0.00732 e. The molecule has 0 N–H and O–H groups in total. The van der Waals surface area contributed by atoms with Crippen LogP contribution in [0.15, 0.2) is 109 Å². The lowest BCUT2D eigenvalue weighted by Gasteiger charge is -2.15. The van der Waals surface area contributed by atoms with Crippen LogP contribution in [0.5, 0.6) is 0 Å². The fourth-order valence-corrected chi connectivity index (χ4v) is 5.25. The summed E-state index contributed by atoms with van der Waals surface area (Å²) in [5.41, 5.74) is 10.5. The van der Waals surface area contributed by atoms with E-state index in [0.29, 0.717) is 0 Å². The number of hydrogen-bond donors (Lipinski definition) is 0. The van der Waals surface area contributed by atoms with Crippen LogP contribution in [0.2, 0.25) is 0 Å². The first kappa shape index (κ1) is 20.7. The zero-order valence-electron chi connectivity index (χ0n) is 19.8. The summed E-state index contributed by atoms with van der Waals surface area (Å²) >= 11 is 0. The minimum atomic E-state index is 1.13. The van der Waals surface area contributed by atoms with Crippen molar-refractivity contribution in [2.45, 2.75) is 26.7 Å². The van der Waals surface area contributed by atoms with Crippen molar-refractivity contribution in [3.8, 4) is 22.3 Å². The van der Waals surface area contributed by atoms with Crippen LogP contribution in [0.25, 0.3) is 49.4 Å². The molecule has 1 aliphatic rings. The summed E-state index contributed by atoms with van der Waals surface area (Å²) in [7, 11) is 0. The number of rotatable bonds is 3. The third kappa shape index (κ3) is 3.66. The Balaban J connectivity index is 1.46. The first-order chi connectivity index (χ1) is 16.7. The molecule has 0 fully saturated rings. The Kier molecular flexibility index (Phi) is 5.15. The molecule has 0 aliphatic heterocycles. The minimum absolute atomic E-state index is 1.13. The highest BCUT2D eigenvalue weighted by atomic mass is 14.2. The fourth-order valence-electron chi connectivity index (χ4n) is 5.25. The van der Waals surface area contributed by atoms with Crippen molar-refractivity contribution in [2.75, 3.05) is 0 Å². The van der Waals surface area contributed by atoms with Gasteiger partial charge in [0.25, 0.3) is 0 Å². The Hall–Kier alpha value is -3.90. The van der Waals surface area contributed by atoms with Gasteiger partial charge in [-0.2, -0.15) is 0 Å². The lowest BCUT2D eigenvalue weighted by atomic mass is 9.89. The second kappa shape index (κ2) is 8.47. The maximum absolute atomic E-state index is 2.37. The van der Waals surface area contributed by atoms with E-state index in [4.69, 9.17) is 0 Å². The predicted octanol–water partition coefficient (Wildman–Crippen LogP) is 9.68. The second-order valence-electron chi connectivity index (χ2n) is 9.42.